The molecule has 174 valence electrons. The molecular weight excluding hydrogens is 479 g/mol. The van der Waals surface area contributed by atoms with Gasteiger partial charge < -0.3 is 5.32 Å². The fourth-order valence-electron chi connectivity index (χ4n) is 3.29. The molecule has 0 bridgehead atoms. The molecule has 0 heterocycles. The maximum atomic E-state index is 13.4. The zero-order valence-electron chi connectivity index (χ0n) is 18.3. The first-order valence-electron chi connectivity index (χ1n) is 10.7. The van der Waals surface area contributed by atoms with Crippen LogP contribution in [0.3, 0.4) is 0 Å². The van der Waals surface area contributed by atoms with Crippen molar-refractivity contribution in [1.29, 1.82) is 0 Å². The maximum Gasteiger partial charge on any atom is 0.243 e. The molecule has 0 fully saturated rings. The molecule has 0 aliphatic heterocycles. The lowest BCUT2D eigenvalue weighted by Crippen LogP contribution is -2.37. The summed E-state index contributed by atoms with van der Waals surface area (Å²) in [6, 6.07) is 20.4. The van der Waals surface area contributed by atoms with E-state index >= 15 is 0 Å². The van der Waals surface area contributed by atoms with E-state index in [0.29, 0.717) is 21.3 Å². The number of carbonyl (C=O) groups is 1. The van der Waals surface area contributed by atoms with Crippen LogP contribution in [0.15, 0.2) is 77.7 Å². The van der Waals surface area contributed by atoms with Crippen molar-refractivity contribution in [3.8, 4) is 0 Å². The Morgan fingerprint density at radius 3 is 2.24 bits per heavy atom. The lowest BCUT2D eigenvalue weighted by atomic mass is 10.1. The molecule has 0 atom stereocenters. The van der Waals surface area contributed by atoms with Gasteiger partial charge in [-0.2, -0.15) is 4.31 Å². The first-order chi connectivity index (χ1) is 15.8. The summed E-state index contributed by atoms with van der Waals surface area (Å²) in [5.74, 6) is -0.444. The molecule has 3 aromatic rings. The second-order valence-electron chi connectivity index (χ2n) is 7.67. The van der Waals surface area contributed by atoms with Crippen LogP contribution in [0, 0.1) is 0 Å². The van der Waals surface area contributed by atoms with Gasteiger partial charge in [-0.25, -0.2) is 8.42 Å². The largest absolute Gasteiger partial charge is 0.325 e. The first-order valence-corrected chi connectivity index (χ1v) is 12.9. The van der Waals surface area contributed by atoms with Gasteiger partial charge in [0.05, 0.1) is 11.4 Å². The molecule has 3 aromatic carbocycles. The lowest BCUT2D eigenvalue weighted by molar-refractivity contribution is -0.116. The third kappa shape index (κ3) is 7.05. The molecule has 33 heavy (non-hydrogen) atoms. The summed E-state index contributed by atoms with van der Waals surface area (Å²) < 4.78 is 27.8. The van der Waals surface area contributed by atoms with Crippen LogP contribution in [0.5, 0.6) is 0 Å². The van der Waals surface area contributed by atoms with E-state index in [4.69, 9.17) is 23.2 Å². The van der Waals surface area contributed by atoms with E-state index in [1.54, 1.807) is 24.3 Å². The molecule has 0 aliphatic carbocycles. The average Bonchev–Trinajstić information content (AvgIpc) is 2.80. The van der Waals surface area contributed by atoms with E-state index in [2.05, 4.69) is 12.2 Å². The van der Waals surface area contributed by atoms with E-state index in [0.717, 1.165) is 23.6 Å². The van der Waals surface area contributed by atoms with Crippen LogP contribution in [-0.4, -0.2) is 25.2 Å². The Hall–Kier alpha value is -2.38. The molecule has 0 spiro atoms. The predicted octanol–water partition coefficient (Wildman–Crippen LogP) is 6.17. The second kappa shape index (κ2) is 11.7. The van der Waals surface area contributed by atoms with Crippen molar-refractivity contribution < 1.29 is 13.2 Å². The van der Waals surface area contributed by atoms with Gasteiger partial charge in [-0.3, -0.25) is 4.79 Å². The van der Waals surface area contributed by atoms with Crippen LogP contribution in [0.1, 0.15) is 30.9 Å². The van der Waals surface area contributed by atoms with Crippen molar-refractivity contribution in [2.45, 2.75) is 37.6 Å². The van der Waals surface area contributed by atoms with Gasteiger partial charge in [0.2, 0.25) is 15.9 Å². The summed E-state index contributed by atoms with van der Waals surface area (Å²) in [6.07, 6.45) is 3.20. The number of sulfonamides is 1. The monoisotopic (exact) mass is 504 g/mol. The smallest absolute Gasteiger partial charge is 0.243 e. The Kier molecular flexibility index (Phi) is 8.92. The third-order valence-corrected chi connectivity index (χ3v) is 7.56. The summed E-state index contributed by atoms with van der Waals surface area (Å²) in [6.45, 7) is 1.73. The highest BCUT2D eigenvalue weighted by Crippen LogP contribution is 2.24. The third-order valence-electron chi connectivity index (χ3n) is 5.13. The van der Waals surface area contributed by atoms with E-state index in [9.17, 15) is 13.2 Å². The van der Waals surface area contributed by atoms with Crippen molar-refractivity contribution in [3.05, 3.63) is 94.0 Å². The van der Waals surface area contributed by atoms with Crippen LogP contribution in [0.2, 0.25) is 10.0 Å². The molecule has 0 saturated carbocycles. The Labute approximate surface area is 205 Å². The standard InChI is InChI=1S/C25H26Cl2N2O3S/c1-2-3-6-19-9-13-22(14-10-19)28-25(30)18-29(17-20-7-4-5-8-24(20)27)33(31,32)23-15-11-21(26)12-16-23/h4-5,7-16H,2-3,6,17-18H2,1H3,(H,28,30). The van der Waals surface area contributed by atoms with E-state index < -0.39 is 15.9 Å². The molecule has 3 rings (SSSR count). The number of nitrogens with one attached hydrogen (secondary N) is 1. The molecule has 1 amide bonds. The SMILES string of the molecule is CCCCc1ccc(NC(=O)CN(Cc2ccccc2Cl)S(=O)(=O)c2ccc(Cl)cc2)cc1. The fraction of sp³-hybridized carbons (Fsp3) is 0.240. The quantitative estimate of drug-likeness (QED) is 0.359. The average molecular weight is 505 g/mol. The van der Waals surface area contributed by atoms with Crippen LogP contribution < -0.4 is 5.32 Å². The van der Waals surface area contributed by atoms with Gasteiger partial charge in [0.15, 0.2) is 0 Å². The number of unbranched alkanes of at least 4 members (excludes halogenated alkanes) is 1. The molecule has 0 radical (unpaired) electrons. The minimum absolute atomic E-state index is 0.0476. The van der Waals surface area contributed by atoms with E-state index in [1.165, 1.54) is 29.8 Å². The molecule has 0 unspecified atom stereocenters. The fourth-order valence-corrected chi connectivity index (χ4v) is 4.99. The van der Waals surface area contributed by atoms with Gasteiger partial charge >= 0.3 is 0 Å². The number of rotatable bonds is 10. The number of halogens is 2. The molecule has 0 aromatic heterocycles. The molecule has 0 aliphatic rings. The Morgan fingerprint density at radius 1 is 0.939 bits per heavy atom. The van der Waals surface area contributed by atoms with Gasteiger partial charge in [0.25, 0.3) is 0 Å². The Morgan fingerprint density at radius 2 is 1.61 bits per heavy atom. The van der Waals surface area contributed by atoms with Crippen molar-refractivity contribution in [3.63, 3.8) is 0 Å². The number of aryl methyl sites for hydroxylation is 1. The normalized spacial score (nSPS) is 11.5. The van der Waals surface area contributed by atoms with Crippen molar-refractivity contribution in [2.75, 3.05) is 11.9 Å². The van der Waals surface area contributed by atoms with Gasteiger partial charge in [-0.15, -0.1) is 0 Å². The maximum absolute atomic E-state index is 13.4. The minimum Gasteiger partial charge on any atom is -0.325 e. The molecule has 1 N–H and O–H groups in total. The van der Waals surface area contributed by atoms with E-state index in [1.807, 2.05) is 24.3 Å². The highest BCUT2D eigenvalue weighted by atomic mass is 35.5. The summed E-state index contributed by atoms with van der Waals surface area (Å²) in [5, 5.41) is 3.64. The first kappa shape index (κ1) is 25.2. The van der Waals surface area contributed by atoms with Gasteiger partial charge in [0.1, 0.15) is 0 Å². The van der Waals surface area contributed by atoms with Gasteiger partial charge in [0, 0.05) is 22.3 Å². The summed E-state index contributed by atoms with van der Waals surface area (Å²) in [5.41, 5.74) is 2.41. The van der Waals surface area contributed by atoms with Crippen LogP contribution >= 0.6 is 23.2 Å². The number of benzene rings is 3. The summed E-state index contributed by atoms with van der Waals surface area (Å²) in [7, 11) is -3.98. The Bertz CT molecular complexity index is 1180. The zero-order valence-corrected chi connectivity index (χ0v) is 20.6. The molecule has 8 heteroatoms. The zero-order chi connectivity index (χ0) is 23.8. The lowest BCUT2D eigenvalue weighted by Gasteiger charge is -2.22. The number of amides is 1. The summed E-state index contributed by atoms with van der Waals surface area (Å²) >= 11 is 12.2. The van der Waals surface area contributed by atoms with Gasteiger partial charge in [-0.05, 0) is 66.4 Å². The number of hydrogen-bond acceptors (Lipinski definition) is 3. The molecule has 0 saturated heterocycles. The summed E-state index contributed by atoms with van der Waals surface area (Å²) in [4.78, 5) is 12.9. The van der Waals surface area contributed by atoms with Crippen molar-refractivity contribution in [1.82, 2.24) is 4.31 Å². The van der Waals surface area contributed by atoms with Crippen LogP contribution in [0.4, 0.5) is 5.69 Å². The highest BCUT2D eigenvalue weighted by Gasteiger charge is 2.27. The number of hydrogen-bond donors (Lipinski definition) is 1. The minimum atomic E-state index is -3.98. The number of nitrogens with zero attached hydrogens (tertiary/aromatic N) is 1. The van der Waals surface area contributed by atoms with Crippen molar-refractivity contribution >= 4 is 44.8 Å². The molecule has 5 nitrogen and oxygen atoms in total. The van der Waals surface area contributed by atoms with Crippen LogP contribution in [-0.2, 0) is 27.8 Å². The highest BCUT2D eigenvalue weighted by molar-refractivity contribution is 7.89. The molecular formula is C25H26Cl2N2O3S. The predicted molar refractivity (Wildman–Crippen MR) is 134 cm³/mol. The second-order valence-corrected chi connectivity index (χ2v) is 10.4. The van der Waals surface area contributed by atoms with Crippen molar-refractivity contribution in [2.24, 2.45) is 0 Å². The van der Waals surface area contributed by atoms with Gasteiger partial charge in [-0.1, -0.05) is 66.9 Å². The van der Waals surface area contributed by atoms with E-state index in [-0.39, 0.29) is 18.0 Å². The Balaban J connectivity index is 1.80. The van der Waals surface area contributed by atoms with Crippen LogP contribution in [0.25, 0.3) is 0 Å². The number of carbonyl (C=O) groups excluding carboxylic acids is 1. The topological polar surface area (TPSA) is 66.5 Å². The number of anilines is 1.